The van der Waals surface area contributed by atoms with Gasteiger partial charge in [-0.15, -0.1) is 0 Å². The van der Waals surface area contributed by atoms with Crippen LogP contribution in [0, 0.1) is 11.3 Å². The maximum Gasteiger partial charge on any atom is 0.313 e. The third kappa shape index (κ3) is 3.51. The summed E-state index contributed by atoms with van der Waals surface area (Å²) in [5, 5.41) is 12.1. The molecular weight excluding hydrogens is 258 g/mol. The normalized spacial score (nSPS) is 31.1. The van der Waals surface area contributed by atoms with Gasteiger partial charge in [-0.25, -0.2) is 0 Å². The molecule has 0 aromatic rings. The van der Waals surface area contributed by atoms with Gasteiger partial charge >= 0.3 is 5.97 Å². The molecule has 2 atom stereocenters. The molecule has 2 unspecified atom stereocenters. The number of nitrogens with one attached hydrogen (secondary N) is 1. The van der Waals surface area contributed by atoms with Crippen LogP contribution in [-0.2, 0) is 14.3 Å². The molecule has 1 heterocycles. The third-order valence-electron chi connectivity index (χ3n) is 4.78. The maximum absolute atomic E-state index is 12.0. The lowest BCUT2D eigenvalue weighted by Gasteiger charge is -2.26. The van der Waals surface area contributed by atoms with Gasteiger partial charge in [-0.1, -0.05) is 32.1 Å². The molecule has 1 amide bonds. The van der Waals surface area contributed by atoms with Crippen LogP contribution in [0.25, 0.3) is 0 Å². The summed E-state index contributed by atoms with van der Waals surface area (Å²) in [5.41, 5.74) is -1.000. The highest BCUT2D eigenvalue weighted by Crippen LogP contribution is 2.30. The lowest BCUT2D eigenvalue weighted by Crippen LogP contribution is -2.49. The summed E-state index contributed by atoms with van der Waals surface area (Å²) < 4.78 is 5.23. The van der Waals surface area contributed by atoms with Crippen molar-refractivity contribution in [1.82, 2.24) is 5.32 Å². The molecule has 2 fully saturated rings. The van der Waals surface area contributed by atoms with Gasteiger partial charge in [-0.05, 0) is 19.3 Å². The number of carboxylic acid groups (broad SMARTS) is 1. The minimum absolute atomic E-state index is 0.0430. The van der Waals surface area contributed by atoms with Crippen molar-refractivity contribution in [3.63, 3.8) is 0 Å². The van der Waals surface area contributed by atoms with Gasteiger partial charge in [0.25, 0.3) is 0 Å². The summed E-state index contributed by atoms with van der Waals surface area (Å²) >= 11 is 0. The largest absolute Gasteiger partial charge is 0.481 e. The Hall–Kier alpha value is -1.10. The average molecular weight is 283 g/mol. The van der Waals surface area contributed by atoms with E-state index in [4.69, 9.17) is 4.74 Å². The molecule has 1 aliphatic carbocycles. The van der Waals surface area contributed by atoms with Crippen molar-refractivity contribution in [2.75, 3.05) is 13.2 Å². The predicted octanol–water partition coefficient (Wildman–Crippen LogP) is 1.95. The molecule has 1 aliphatic heterocycles. The fourth-order valence-electron chi connectivity index (χ4n) is 3.16. The van der Waals surface area contributed by atoms with E-state index in [0.717, 1.165) is 6.42 Å². The zero-order valence-corrected chi connectivity index (χ0v) is 12.2. The Kier molecular flexibility index (Phi) is 5.02. The molecule has 0 bridgehead atoms. The number of hydrogen-bond acceptors (Lipinski definition) is 3. The Bertz CT molecular complexity index is 365. The number of ether oxygens (including phenoxy) is 1. The quantitative estimate of drug-likeness (QED) is 0.808. The number of carbonyl (C=O) groups is 2. The van der Waals surface area contributed by atoms with Crippen molar-refractivity contribution in [1.29, 1.82) is 0 Å². The van der Waals surface area contributed by atoms with Crippen LogP contribution in [0.1, 0.15) is 51.9 Å². The van der Waals surface area contributed by atoms with E-state index in [0.29, 0.717) is 12.3 Å². The second-order valence-electron chi connectivity index (χ2n) is 6.40. The van der Waals surface area contributed by atoms with Gasteiger partial charge in [-0.2, -0.15) is 0 Å². The van der Waals surface area contributed by atoms with E-state index in [1.165, 1.54) is 32.1 Å². The summed E-state index contributed by atoms with van der Waals surface area (Å²) in [7, 11) is 0. The Morgan fingerprint density at radius 3 is 2.65 bits per heavy atom. The molecule has 1 saturated carbocycles. The van der Waals surface area contributed by atoms with Crippen LogP contribution in [0.5, 0.6) is 0 Å². The van der Waals surface area contributed by atoms with Crippen LogP contribution in [0.2, 0.25) is 0 Å². The first-order chi connectivity index (χ1) is 9.52. The molecule has 2 rings (SSSR count). The third-order valence-corrected chi connectivity index (χ3v) is 4.78. The van der Waals surface area contributed by atoms with Gasteiger partial charge in [0.15, 0.2) is 0 Å². The molecule has 0 spiro atoms. The maximum atomic E-state index is 12.0. The van der Waals surface area contributed by atoms with Gasteiger partial charge in [0.2, 0.25) is 5.91 Å². The zero-order chi connectivity index (χ0) is 14.6. The number of aliphatic carboxylic acids is 1. The molecule has 2 aliphatic rings. The van der Waals surface area contributed by atoms with Gasteiger partial charge in [-0.3, -0.25) is 9.59 Å². The van der Waals surface area contributed by atoms with Crippen LogP contribution >= 0.6 is 0 Å². The number of hydrogen-bond donors (Lipinski definition) is 2. The number of rotatable bonds is 5. The van der Waals surface area contributed by atoms with E-state index in [1.54, 1.807) is 6.92 Å². The minimum Gasteiger partial charge on any atom is -0.481 e. The van der Waals surface area contributed by atoms with E-state index in [9.17, 15) is 14.7 Å². The highest BCUT2D eigenvalue weighted by Gasteiger charge is 2.47. The second kappa shape index (κ2) is 6.57. The van der Waals surface area contributed by atoms with Crippen LogP contribution in [0.4, 0.5) is 0 Å². The van der Waals surface area contributed by atoms with Crippen molar-refractivity contribution in [3.8, 4) is 0 Å². The van der Waals surface area contributed by atoms with Gasteiger partial charge in [0, 0.05) is 6.42 Å². The highest BCUT2D eigenvalue weighted by molar-refractivity contribution is 5.80. The first kappa shape index (κ1) is 15.3. The molecule has 1 saturated heterocycles. The molecular formula is C15H25NO4. The number of carboxylic acids is 1. The van der Waals surface area contributed by atoms with Crippen molar-refractivity contribution in [2.24, 2.45) is 11.3 Å². The Morgan fingerprint density at radius 2 is 2.00 bits per heavy atom. The van der Waals surface area contributed by atoms with E-state index >= 15 is 0 Å². The van der Waals surface area contributed by atoms with Crippen LogP contribution < -0.4 is 5.32 Å². The van der Waals surface area contributed by atoms with Gasteiger partial charge in [0.1, 0.15) is 5.41 Å². The monoisotopic (exact) mass is 283 g/mol. The first-order valence-electron chi connectivity index (χ1n) is 7.63. The van der Waals surface area contributed by atoms with E-state index in [1.807, 2.05) is 0 Å². The topological polar surface area (TPSA) is 75.6 Å². The fourth-order valence-corrected chi connectivity index (χ4v) is 3.16. The standard InChI is InChI=1S/C15H25NO4/c1-15(14(18)19)10-20-9-12(15)16-13(17)8-7-11-5-3-2-4-6-11/h11-12H,2-10H2,1H3,(H,16,17)(H,18,19). The Morgan fingerprint density at radius 1 is 1.30 bits per heavy atom. The van der Waals surface area contributed by atoms with Gasteiger partial charge in [0.05, 0.1) is 19.3 Å². The lowest BCUT2D eigenvalue weighted by molar-refractivity contribution is -0.149. The molecule has 2 N–H and O–H groups in total. The minimum atomic E-state index is -1.000. The second-order valence-corrected chi connectivity index (χ2v) is 6.40. The Balaban J connectivity index is 1.77. The summed E-state index contributed by atoms with van der Waals surface area (Å²) in [6.07, 6.45) is 7.75. The van der Waals surface area contributed by atoms with Gasteiger partial charge < -0.3 is 15.2 Å². The smallest absolute Gasteiger partial charge is 0.313 e. The van der Waals surface area contributed by atoms with Crippen LogP contribution in [0.3, 0.4) is 0 Å². The van der Waals surface area contributed by atoms with E-state index in [2.05, 4.69) is 5.32 Å². The predicted molar refractivity (Wildman–Crippen MR) is 74.3 cm³/mol. The fraction of sp³-hybridized carbons (Fsp3) is 0.867. The van der Waals surface area contributed by atoms with Crippen LogP contribution in [0.15, 0.2) is 0 Å². The summed E-state index contributed by atoms with van der Waals surface area (Å²) in [6.45, 7) is 2.09. The molecule has 5 heteroatoms. The van der Waals surface area contributed by atoms with Crippen LogP contribution in [-0.4, -0.2) is 36.2 Å². The van der Waals surface area contributed by atoms with E-state index < -0.39 is 17.4 Å². The molecule has 20 heavy (non-hydrogen) atoms. The van der Waals surface area contributed by atoms with Crippen molar-refractivity contribution >= 4 is 11.9 Å². The molecule has 0 radical (unpaired) electrons. The number of amides is 1. The average Bonchev–Trinajstić information content (AvgIpc) is 2.80. The zero-order valence-electron chi connectivity index (χ0n) is 12.2. The number of carbonyl (C=O) groups excluding carboxylic acids is 1. The summed E-state index contributed by atoms with van der Waals surface area (Å²) in [5.74, 6) is -0.286. The first-order valence-corrected chi connectivity index (χ1v) is 7.63. The van der Waals surface area contributed by atoms with E-state index in [-0.39, 0.29) is 19.1 Å². The Labute approximate surface area is 120 Å². The summed E-state index contributed by atoms with van der Waals surface area (Å²) in [4.78, 5) is 23.3. The molecule has 114 valence electrons. The highest BCUT2D eigenvalue weighted by atomic mass is 16.5. The van der Waals surface area contributed by atoms with Crippen molar-refractivity contribution in [3.05, 3.63) is 0 Å². The van der Waals surface area contributed by atoms with Crippen molar-refractivity contribution in [2.45, 2.75) is 57.9 Å². The SMILES string of the molecule is CC1(C(=O)O)COCC1NC(=O)CCC1CCCCC1. The molecule has 5 nitrogen and oxygen atoms in total. The van der Waals surface area contributed by atoms with Crippen molar-refractivity contribution < 1.29 is 19.4 Å². The summed E-state index contributed by atoms with van der Waals surface area (Å²) in [6, 6.07) is -0.418. The molecule has 0 aromatic carbocycles. The molecule has 0 aromatic heterocycles. The lowest BCUT2D eigenvalue weighted by atomic mass is 9.84.